The van der Waals surface area contributed by atoms with Gasteiger partial charge in [-0.3, -0.25) is 24.0 Å². The van der Waals surface area contributed by atoms with E-state index in [4.69, 9.17) is 28.4 Å². The van der Waals surface area contributed by atoms with Crippen molar-refractivity contribution in [2.24, 2.45) is 0 Å². The Bertz CT molecular complexity index is 599. The number of esters is 5. The van der Waals surface area contributed by atoms with Crippen molar-refractivity contribution in [2.45, 2.75) is 65.3 Å². The molecule has 0 radical (unpaired) electrons. The molecule has 0 bridgehead atoms. The van der Waals surface area contributed by atoms with Gasteiger partial charge in [-0.15, -0.1) is 0 Å². The van der Waals surface area contributed by atoms with Crippen molar-refractivity contribution in [2.75, 3.05) is 6.61 Å². The Kier molecular flexibility index (Phi) is 8.16. The van der Waals surface area contributed by atoms with E-state index in [-0.39, 0.29) is 0 Å². The van der Waals surface area contributed by atoms with E-state index in [1.807, 2.05) is 0 Å². The minimum Gasteiger partial charge on any atom is -0.463 e. The number of rotatable bonds is 6. The lowest BCUT2D eigenvalue weighted by Gasteiger charge is -2.43. The Morgan fingerprint density at radius 3 is 1.52 bits per heavy atom. The summed E-state index contributed by atoms with van der Waals surface area (Å²) in [7, 11) is 0. The van der Waals surface area contributed by atoms with Crippen LogP contribution in [0.3, 0.4) is 0 Å². The van der Waals surface area contributed by atoms with Crippen LogP contribution in [-0.4, -0.2) is 67.2 Å². The van der Waals surface area contributed by atoms with Crippen LogP contribution in [0.25, 0.3) is 0 Å². The summed E-state index contributed by atoms with van der Waals surface area (Å²) >= 11 is 0. The first-order chi connectivity index (χ1) is 12.5. The van der Waals surface area contributed by atoms with E-state index in [0.29, 0.717) is 0 Å². The van der Waals surface area contributed by atoms with Crippen LogP contribution in [0.4, 0.5) is 0 Å². The van der Waals surface area contributed by atoms with Crippen LogP contribution in [0.15, 0.2) is 0 Å². The Morgan fingerprint density at radius 2 is 1.07 bits per heavy atom. The number of carbonyl (C=O) groups is 5. The van der Waals surface area contributed by atoms with Crippen molar-refractivity contribution >= 4 is 29.8 Å². The van der Waals surface area contributed by atoms with Crippen molar-refractivity contribution in [1.29, 1.82) is 0 Å². The van der Waals surface area contributed by atoms with Crippen LogP contribution in [0.5, 0.6) is 0 Å². The summed E-state index contributed by atoms with van der Waals surface area (Å²) in [6.45, 7) is 5.13. The first-order valence-corrected chi connectivity index (χ1v) is 7.99. The van der Waals surface area contributed by atoms with Crippen molar-refractivity contribution in [3.63, 3.8) is 0 Å². The van der Waals surface area contributed by atoms with Crippen LogP contribution in [0, 0.1) is 0 Å². The average molecular weight is 395 g/mol. The molecule has 1 aliphatic heterocycles. The molecule has 5 atom stereocenters. The van der Waals surface area contributed by atoms with Gasteiger partial charge in [0.05, 0.1) is 0 Å². The molecular formula is C16H22O11. The minimum atomic E-state index is -1.48. The highest BCUT2D eigenvalue weighted by Crippen LogP contribution is 2.29. The van der Waals surface area contributed by atoms with Crippen LogP contribution in [0.2, 0.25) is 0 Å². The molecular weight excluding hydrogens is 373 g/mol. The third-order valence-electron chi connectivity index (χ3n) is 3.23. The average Bonchev–Trinajstić information content (AvgIpc) is 2.49. The first kappa shape index (κ1) is 22.4. The van der Waals surface area contributed by atoms with Gasteiger partial charge < -0.3 is 28.4 Å². The highest BCUT2D eigenvalue weighted by atomic mass is 16.9. The summed E-state index contributed by atoms with van der Waals surface area (Å²) in [5.41, 5.74) is 0. The molecule has 0 aromatic rings. The van der Waals surface area contributed by atoms with Gasteiger partial charge in [0, 0.05) is 34.6 Å². The first-order valence-electron chi connectivity index (χ1n) is 7.99. The number of ether oxygens (including phenoxy) is 6. The fourth-order valence-electron chi connectivity index (χ4n) is 2.45. The molecule has 1 saturated heterocycles. The lowest BCUT2D eigenvalue weighted by molar-refractivity contribution is -0.300. The van der Waals surface area contributed by atoms with E-state index < -0.39 is 67.2 Å². The van der Waals surface area contributed by atoms with E-state index >= 15 is 0 Å². The van der Waals surface area contributed by atoms with Crippen molar-refractivity contribution in [3.05, 3.63) is 0 Å². The largest absolute Gasteiger partial charge is 0.463 e. The monoisotopic (exact) mass is 395 g/mol. The molecule has 11 nitrogen and oxygen atoms in total. The molecule has 0 aromatic carbocycles. The molecule has 152 valence electrons. The molecule has 0 N–H and O–H groups in total. The van der Waals surface area contributed by atoms with E-state index in [2.05, 4.69) is 0 Å². The second kappa shape index (κ2) is 9.86. The van der Waals surface area contributed by atoms with Crippen molar-refractivity contribution < 1.29 is 52.4 Å². The molecule has 0 spiro atoms. The predicted octanol–water partition coefficient (Wildman–Crippen LogP) is -0.367. The highest BCUT2D eigenvalue weighted by molar-refractivity contribution is 5.69. The summed E-state index contributed by atoms with van der Waals surface area (Å²) in [4.78, 5) is 57.0. The highest BCUT2D eigenvalue weighted by Gasteiger charge is 2.53. The third kappa shape index (κ3) is 7.21. The molecule has 1 aliphatic rings. The minimum absolute atomic E-state index is 0.393. The zero-order chi connectivity index (χ0) is 20.7. The fourth-order valence-corrected chi connectivity index (χ4v) is 2.45. The molecule has 0 aromatic heterocycles. The van der Waals surface area contributed by atoms with Crippen molar-refractivity contribution in [3.8, 4) is 0 Å². The standard InChI is InChI=1S/C16H22O11/c1-7(17)22-6-12-13(23-8(2)18)14(24-9(3)19)15(25-10(4)20)16(27-12)26-11(5)21/h12-16H,6H2,1-5H3/t12-,13-,14+,15-,16?/m1/s1/i6+1,13+1,14+1,15+1,16+1. The third-order valence-corrected chi connectivity index (χ3v) is 3.23. The second-order valence-corrected chi connectivity index (χ2v) is 5.68. The van der Waals surface area contributed by atoms with E-state index in [1.54, 1.807) is 0 Å². The maximum atomic E-state index is 11.5. The van der Waals surface area contributed by atoms with E-state index in [0.717, 1.165) is 34.6 Å². The van der Waals surface area contributed by atoms with E-state index in [9.17, 15) is 24.0 Å². The Labute approximate surface area is 155 Å². The molecule has 1 fully saturated rings. The summed E-state index contributed by atoms with van der Waals surface area (Å²) in [6, 6.07) is 0. The summed E-state index contributed by atoms with van der Waals surface area (Å²) < 4.78 is 30.8. The van der Waals surface area contributed by atoms with Gasteiger partial charge in [0.25, 0.3) is 0 Å². The molecule has 27 heavy (non-hydrogen) atoms. The van der Waals surface area contributed by atoms with Crippen molar-refractivity contribution in [1.82, 2.24) is 0 Å². The quantitative estimate of drug-likeness (QED) is 0.330. The van der Waals surface area contributed by atoms with Crippen LogP contribution in [-0.2, 0) is 52.4 Å². The van der Waals surface area contributed by atoms with Gasteiger partial charge >= 0.3 is 29.8 Å². The lowest BCUT2D eigenvalue weighted by Crippen LogP contribution is -2.63. The van der Waals surface area contributed by atoms with Gasteiger partial charge in [0.1, 0.15) is 12.7 Å². The van der Waals surface area contributed by atoms with Crippen LogP contribution in [0.1, 0.15) is 34.6 Å². The second-order valence-electron chi connectivity index (χ2n) is 5.68. The Morgan fingerprint density at radius 1 is 0.630 bits per heavy atom. The Hall–Kier alpha value is -2.69. The van der Waals surface area contributed by atoms with Gasteiger partial charge in [-0.1, -0.05) is 0 Å². The molecule has 11 heteroatoms. The van der Waals surface area contributed by atoms with Crippen LogP contribution >= 0.6 is 0 Å². The zero-order valence-electron chi connectivity index (χ0n) is 15.6. The molecule has 1 unspecified atom stereocenters. The molecule has 0 aliphatic carbocycles. The molecule has 1 rings (SSSR count). The smallest absolute Gasteiger partial charge is 0.305 e. The SMILES string of the molecule is CC(=O)O[13CH2][C@H]1O[13CH](OC(C)=O)[13C@H](OC(C)=O)[13C@@H](OC(C)=O)[13C@@H]1OC(C)=O. The normalized spacial score (nSPS) is 27.1. The number of hydrogen-bond donors (Lipinski definition) is 0. The van der Waals surface area contributed by atoms with Gasteiger partial charge in [0.15, 0.2) is 12.2 Å². The van der Waals surface area contributed by atoms with E-state index in [1.165, 1.54) is 0 Å². The predicted molar refractivity (Wildman–Crippen MR) is 83.7 cm³/mol. The number of hydrogen-bond acceptors (Lipinski definition) is 11. The zero-order valence-corrected chi connectivity index (χ0v) is 15.6. The summed E-state index contributed by atoms with van der Waals surface area (Å²) in [5, 5.41) is 0. The topological polar surface area (TPSA) is 141 Å². The van der Waals surface area contributed by atoms with Gasteiger partial charge in [-0.2, -0.15) is 0 Å². The molecule has 0 amide bonds. The summed E-state index contributed by atoms with van der Waals surface area (Å²) in [6.07, 6.45) is -6.70. The van der Waals surface area contributed by atoms with Gasteiger partial charge in [-0.25, -0.2) is 0 Å². The molecule has 0 saturated carbocycles. The maximum absolute atomic E-state index is 11.5. The van der Waals surface area contributed by atoms with Crippen LogP contribution < -0.4 is 0 Å². The Balaban J connectivity index is 3.29. The van der Waals surface area contributed by atoms with Gasteiger partial charge in [-0.05, 0) is 0 Å². The maximum Gasteiger partial charge on any atom is 0.305 e. The number of carbonyl (C=O) groups excluding carboxylic acids is 5. The summed E-state index contributed by atoms with van der Waals surface area (Å²) in [5.74, 6) is -3.71. The van der Waals surface area contributed by atoms with Gasteiger partial charge in [0.2, 0.25) is 12.4 Å². The molecule has 1 heterocycles. The lowest BCUT2D eigenvalue weighted by atomic mass is 10.6. The fraction of sp³-hybridized carbons (Fsp3) is 0.688.